The Labute approximate surface area is 92.3 Å². The van der Waals surface area contributed by atoms with E-state index in [2.05, 4.69) is 10.3 Å². The second-order valence-electron chi connectivity index (χ2n) is 3.73. The maximum Gasteiger partial charge on any atom is 0.248 e. The van der Waals surface area contributed by atoms with Crippen LogP contribution in [0.5, 0.6) is 0 Å². The number of carbonyl (C=O) groups excluding carboxylic acids is 1. The number of H-pyrrole nitrogens is 1. The molecule has 1 aromatic heterocycles. The zero-order valence-corrected chi connectivity index (χ0v) is 9.13. The van der Waals surface area contributed by atoms with E-state index < -0.39 is 0 Å². The molecule has 0 unspecified atom stereocenters. The van der Waals surface area contributed by atoms with E-state index in [1.807, 2.05) is 19.1 Å². The summed E-state index contributed by atoms with van der Waals surface area (Å²) in [6.45, 7) is 3.31. The quantitative estimate of drug-likeness (QED) is 0.763. The number of nitrogens with one attached hydrogen (secondary N) is 2. The molecule has 0 aliphatic rings. The van der Waals surface area contributed by atoms with E-state index in [9.17, 15) is 9.59 Å². The van der Waals surface area contributed by atoms with Gasteiger partial charge in [-0.05, 0) is 18.6 Å². The van der Waals surface area contributed by atoms with Crippen LogP contribution in [0.4, 0.5) is 5.69 Å². The van der Waals surface area contributed by atoms with Gasteiger partial charge < -0.3 is 10.3 Å². The molecule has 0 spiro atoms. The number of hydrogen-bond acceptors (Lipinski definition) is 2. The Kier molecular flexibility index (Phi) is 2.48. The average Bonchev–Trinajstić information content (AvgIpc) is 2.18. The Morgan fingerprint density at radius 2 is 2.12 bits per heavy atom. The molecule has 1 aromatic carbocycles. The summed E-state index contributed by atoms with van der Waals surface area (Å²) in [4.78, 5) is 25.1. The van der Waals surface area contributed by atoms with Crippen molar-refractivity contribution in [2.45, 2.75) is 13.8 Å². The molecule has 4 heteroatoms. The van der Waals surface area contributed by atoms with Gasteiger partial charge in [-0.25, -0.2) is 0 Å². The standard InChI is InChI=1S/C12H12N2O2/c1-7-6-11(16)14-12-9(7)4-3-5-10(12)13-8(2)15/h3-6H,1-2H3,(H,13,15)(H,14,16). The number of carbonyl (C=O) groups is 1. The molecule has 0 aliphatic heterocycles. The van der Waals surface area contributed by atoms with Crippen molar-refractivity contribution in [3.63, 3.8) is 0 Å². The third kappa shape index (κ3) is 1.82. The summed E-state index contributed by atoms with van der Waals surface area (Å²) in [5.74, 6) is -0.158. The van der Waals surface area contributed by atoms with Gasteiger partial charge in [-0.1, -0.05) is 12.1 Å². The van der Waals surface area contributed by atoms with Crippen molar-refractivity contribution in [1.82, 2.24) is 4.98 Å². The number of amides is 1. The van der Waals surface area contributed by atoms with Crippen LogP contribution in [-0.2, 0) is 4.79 Å². The second-order valence-corrected chi connectivity index (χ2v) is 3.73. The number of aryl methyl sites for hydroxylation is 1. The minimum absolute atomic E-state index is 0.158. The predicted octanol–water partition coefficient (Wildman–Crippen LogP) is 1.79. The second kappa shape index (κ2) is 3.81. The van der Waals surface area contributed by atoms with Crippen LogP contribution in [0.25, 0.3) is 10.9 Å². The zero-order valence-electron chi connectivity index (χ0n) is 9.13. The van der Waals surface area contributed by atoms with Crippen molar-refractivity contribution in [2.75, 3.05) is 5.32 Å². The van der Waals surface area contributed by atoms with Gasteiger partial charge in [-0.3, -0.25) is 9.59 Å². The SMILES string of the molecule is CC(=O)Nc1cccc2c(C)cc(=O)[nH]c12. The molecule has 82 valence electrons. The molecule has 0 radical (unpaired) electrons. The molecule has 4 nitrogen and oxygen atoms in total. The molecule has 2 rings (SSSR count). The highest BCUT2D eigenvalue weighted by atomic mass is 16.1. The van der Waals surface area contributed by atoms with Gasteiger partial charge in [0.15, 0.2) is 0 Å². The number of para-hydroxylation sites is 1. The molecule has 0 bridgehead atoms. The lowest BCUT2D eigenvalue weighted by atomic mass is 10.1. The molecular weight excluding hydrogens is 204 g/mol. The highest BCUT2D eigenvalue weighted by Gasteiger charge is 2.05. The van der Waals surface area contributed by atoms with Gasteiger partial charge in [0.25, 0.3) is 0 Å². The number of aromatic amines is 1. The number of aromatic nitrogens is 1. The van der Waals surface area contributed by atoms with E-state index in [1.54, 1.807) is 12.1 Å². The monoisotopic (exact) mass is 216 g/mol. The van der Waals surface area contributed by atoms with Crippen LogP contribution in [0, 0.1) is 6.92 Å². The third-order valence-corrected chi connectivity index (χ3v) is 2.40. The first-order valence-corrected chi connectivity index (χ1v) is 4.98. The summed E-state index contributed by atoms with van der Waals surface area (Å²) in [5, 5.41) is 3.63. The summed E-state index contributed by atoms with van der Waals surface area (Å²) in [5.41, 5.74) is 2.03. The lowest BCUT2D eigenvalue weighted by molar-refractivity contribution is -0.114. The fourth-order valence-corrected chi connectivity index (χ4v) is 1.74. The molecule has 16 heavy (non-hydrogen) atoms. The van der Waals surface area contributed by atoms with Crippen molar-refractivity contribution in [3.05, 3.63) is 40.2 Å². The van der Waals surface area contributed by atoms with Gasteiger partial charge >= 0.3 is 0 Å². The van der Waals surface area contributed by atoms with Crippen LogP contribution in [0.2, 0.25) is 0 Å². The van der Waals surface area contributed by atoms with Crippen molar-refractivity contribution < 1.29 is 4.79 Å². The van der Waals surface area contributed by atoms with Gasteiger partial charge in [-0.15, -0.1) is 0 Å². The van der Waals surface area contributed by atoms with Gasteiger partial charge in [0.1, 0.15) is 0 Å². The van der Waals surface area contributed by atoms with E-state index in [4.69, 9.17) is 0 Å². The van der Waals surface area contributed by atoms with E-state index >= 15 is 0 Å². The zero-order chi connectivity index (χ0) is 11.7. The first-order valence-electron chi connectivity index (χ1n) is 4.98. The molecule has 0 fully saturated rings. The molecule has 0 atom stereocenters. The highest BCUT2D eigenvalue weighted by Crippen LogP contribution is 2.22. The van der Waals surface area contributed by atoms with Gasteiger partial charge in [0, 0.05) is 18.4 Å². The lowest BCUT2D eigenvalue weighted by Gasteiger charge is -2.07. The first kappa shape index (κ1) is 10.4. The largest absolute Gasteiger partial charge is 0.325 e. The van der Waals surface area contributed by atoms with Crippen LogP contribution in [-0.4, -0.2) is 10.9 Å². The number of fused-ring (bicyclic) bond motifs is 1. The van der Waals surface area contributed by atoms with E-state index in [-0.39, 0.29) is 11.5 Å². The molecular formula is C12H12N2O2. The van der Waals surface area contributed by atoms with Crippen LogP contribution < -0.4 is 10.9 Å². The molecule has 0 saturated carbocycles. The Morgan fingerprint density at radius 3 is 2.81 bits per heavy atom. The lowest BCUT2D eigenvalue weighted by Crippen LogP contribution is -2.10. The predicted molar refractivity (Wildman–Crippen MR) is 63.6 cm³/mol. The summed E-state index contributed by atoms with van der Waals surface area (Å²) in [7, 11) is 0. The average molecular weight is 216 g/mol. The maximum atomic E-state index is 11.4. The molecule has 0 saturated heterocycles. The maximum absolute atomic E-state index is 11.4. The van der Waals surface area contributed by atoms with Crippen molar-refractivity contribution >= 4 is 22.5 Å². The number of pyridine rings is 1. The molecule has 1 amide bonds. The van der Waals surface area contributed by atoms with Gasteiger partial charge in [0.2, 0.25) is 11.5 Å². The topological polar surface area (TPSA) is 62.0 Å². The minimum atomic E-state index is -0.164. The molecule has 1 heterocycles. The van der Waals surface area contributed by atoms with Crippen LogP contribution in [0.3, 0.4) is 0 Å². The normalized spacial score (nSPS) is 10.4. The summed E-state index contributed by atoms with van der Waals surface area (Å²) < 4.78 is 0. The Bertz CT molecular complexity index is 614. The summed E-state index contributed by atoms with van der Waals surface area (Å²) in [6, 6.07) is 7.06. The summed E-state index contributed by atoms with van der Waals surface area (Å²) >= 11 is 0. The number of rotatable bonds is 1. The van der Waals surface area contributed by atoms with Gasteiger partial charge in [-0.2, -0.15) is 0 Å². The summed E-state index contributed by atoms with van der Waals surface area (Å²) in [6.07, 6.45) is 0. The van der Waals surface area contributed by atoms with Gasteiger partial charge in [0.05, 0.1) is 11.2 Å². The van der Waals surface area contributed by atoms with Crippen molar-refractivity contribution in [3.8, 4) is 0 Å². The molecule has 2 N–H and O–H groups in total. The molecule has 2 aromatic rings. The first-order chi connectivity index (χ1) is 7.58. The smallest absolute Gasteiger partial charge is 0.248 e. The highest BCUT2D eigenvalue weighted by molar-refractivity contribution is 6.00. The number of anilines is 1. The third-order valence-electron chi connectivity index (χ3n) is 2.40. The van der Waals surface area contributed by atoms with Crippen LogP contribution in [0.1, 0.15) is 12.5 Å². The minimum Gasteiger partial charge on any atom is -0.325 e. The fourth-order valence-electron chi connectivity index (χ4n) is 1.74. The van der Waals surface area contributed by atoms with Crippen molar-refractivity contribution in [1.29, 1.82) is 0 Å². The van der Waals surface area contributed by atoms with Crippen LogP contribution in [0.15, 0.2) is 29.1 Å². The number of benzene rings is 1. The Hall–Kier alpha value is -2.10. The van der Waals surface area contributed by atoms with E-state index in [1.165, 1.54) is 6.92 Å². The van der Waals surface area contributed by atoms with Crippen molar-refractivity contribution in [2.24, 2.45) is 0 Å². The van der Waals surface area contributed by atoms with Crippen LogP contribution >= 0.6 is 0 Å². The Balaban J connectivity index is 2.76. The molecule has 0 aliphatic carbocycles. The van der Waals surface area contributed by atoms with E-state index in [0.29, 0.717) is 11.2 Å². The van der Waals surface area contributed by atoms with E-state index in [0.717, 1.165) is 10.9 Å². The number of hydrogen-bond donors (Lipinski definition) is 2. The fraction of sp³-hybridized carbons (Fsp3) is 0.167. The Morgan fingerprint density at radius 1 is 1.38 bits per heavy atom.